The van der Waals surface area contributed by atoms with E-state index in [1.165, 1.54) is 11.9 Å². The van der Waals surface area contributed by atoms with Crippen molar-refractivity contribution in [2.45, 2.75) is 44.3 Å². The number of imide groups is 1. The van der Waals surface area contributed by atoms with E-state index in [0.29, 0.717) is 12.8 Å². The molecule has 1 saturated heterocycles. The summed E-state index contributed by atoms with van der Waals surface area (Å²) in [4.78, 5) is 36.3. The first-order valence-corrected chi connectivity index (χ1v) is 8.76. The highest BCUT2D eigenvalue weighted by molar-refractivity contribution is 8.15. The van der Waals surface area contributed by atoms with Crippen LogP contribution in [0.2, 0.25) is 0 Å². The lowest BCUT2D eigenvalue weighted by molar-refractivity contribution is -0.125. The smallest absolute Gasteiger partial charge is 0.288 e. The molecule has 1 heterocycles. The van der Waals surface area contributed by atoms with E-state index in [2.05, 4.69) is 12.2 Å². The first-order chi connectivity index (χ1) is 11.0. The zero-order chi connectivity index (χ0) is 16.8. The van der Waals surface area contributed by atoms with Crippen molar-refractivity contribution in [3.05, 3.63) is 29.8 Å². The molecule has 23 heavy (non-hydrogen) atoms. The highest BCUT2D eigenvalue weighted by atomic mass is 32.2. The lowest BCUT2D eigenvalue weighted by Gasteiger charge is -2.09. The number of hydrogen-bond acceptors (Lipinski definition) is 4. The number of unbranched alkanes of at least 4 members (excludes halogenated alkanes) is 2. The number of rotatable bonds is 7. The average molecular weight is 334 g/mol. The maximum absolute atomic E-state index is 11.9. The first-order valence-electron chi connectivity index (χ1n) is 7.88. The van der Waals surface area contributed by atoms with Crippen LogP contribution in [0.5, 0.6) is 0 Å². The van der Waals surface area contributed by atoms with Crippen LogP contribution in [-0.2, 0) is 16.0 Å². The van der Waals surface area contributed by atoms with Gasteiger partial charge in [-0.3, -0.25) is 19.3 Å². The van der Waals surface area contributed by atoms with Crippen molar-refractivity contribution >= 4 is 34.5 Å². The van der Waals surface area contributed by atoms with Gasteiger partial charge in [0.1, 0.15) is 0 Å². The van der Waals surface area contributed by atoms with Gasteiger partial charge in [-0.2, -0.15) is 0 Å². The number of anilines is 1. The molecule has 3 amide bonds. The number of nitrogens with one attached hydrogen (secondary N) is 1. The van der Waals surface area contributed by atoms with Crippen molar-refractivity contribution in [2.75, 3.05) is 12.4 Å². The second-order valence-corrected chi connectivity index (χ2v) is 6.83. The molecule has 0 spiro atoms. The molecule has 124 valence electrons. The van der Waals surface area contributed by atoms with Crippen LogP contribution >= 0.6 is 11.8 Å². The number of thioether (sulfide) groups is 1. The van der Waals surface area contributed by atoms with Crippen LogP contribution in [-0.4, -0.2) is 34.3 Å². The number of amides is 3. The average Bonchev–Trinajstić information content (AvgIpc) is 2.77. The largest absolute Gasteiger partial charge is 0.326 e. The molecule has 0 aliphatic carbocycles. The Morgan fingerprint density at radius 1 is 1.22 bits per heavy atom. The maximum atomic E-state index is 11.9. The summed E-state index contributed by atoms with van der Waals surface area (Å²) < 4.78 is 0. The van der Waals surface area contributed by atoms with Gasteiger partial charge in [0, 0.05) is 19.2 Å². The van der Waals surface area contributed by atoms with Crippen LogP contribution in [0.25, 0.3) is 0 Å². The molecule has 5 nitrogen and oxygen atoms in total. The van der Waals surface area contributed by atoms with Crippen LogP contribution in [0.1, 0.15) is 38.2 Å². The SMILES string of the molecule is CCCCCC(=O)Nc1ccc(CC2SC(=O)N(C)C2=O)cc1. The molecule has 0 aromatic heterocycles. The standard InChI is InChI=1S/C17H22N2O3S/c1-3-4-5-6-15(20)18-13-9-7-12(8-10-13)11-14-16(21)19(2)17(22)23-14/h7-10,14H,3-6,11H2,1-2H3,(H,18,20). The molecule has 1 aromatic rings. The first kappa shape index (κ1) is 17.5. The Balaban J connectivity index is 1.86. The fourth-order valence-corrected chi connectivity index (χ4v) is 3.41. The predicted molar refractivity (Wildman–Crippen MR) is 92.5 cm³/mol. The lowest BCUT2D eigenvalue weighted by atomic mass is 10.1. The normalized spacial score (nSPS) is 17.7. The highest BCUT2D eigenvalue weighted by Gasteiger charge is 2.36. The Hall–Kier alpha value is -1.82. The second kappa shape index (κ2) is 8.15. The Bertz CT molecular complexity index is 586. The lowest BCUT2D eigenvalue weighted by Crippen LogP contribution is -2.28. The number of benzene rings is 1. The van der Waals surface area contributed by atoms with Gasteiger partial charge in [0.25, 0.3) is 5.24 Å². The van der Waals surface area contributed by atoms with E-state index in [1.807, 2.05) is 24.3 Å². The van der Waals surface area contributed by atoms with Crippen LogP contribution < -0.4 is 5.32 Å². The van der Waals surface area contributed by atoms with Gasteiger partial charge in [0.2, 0.25) is 11.8 Å². The Labute approximate surface area is 140 Å². The third kappa shape index (κ3) is 4.82. The Morgan fingerprint density at radius 3 is 2.48 bits per heavy atom. The molecule has 1 N–H and O–H groups in total. The fourth-order valence-electron chi connectivity index (χ4n) is 2.38. The van der Waals surface area contributed by atoms with E-state index in [-0.39, 0.29) is 22.3 Å². The summed E-state index contributed by atoms with van der Waals surface area (Å²) in [6.45, 7) is 2.11. The molecule has 6 heteroatoms. The minimum atomic E-state index is -0.345. The summed E-state index contributed by atoms with van der Waals surface area (Å²) in [6.07, 6.45) is 4.12. The highest BCUT2D eigenvalue weighted by Crippen LogP contribution is 2.28. The van der Waals surface area contributed by atoms with E-state index in [9.17, 15) is 14.4 Å². The number of carbonyl (C=O) groups is 3. The van der Waals surface area contributed by atoms with Crippen molar-refractivity contribution in [3.8, 4) is 0 Å². The van der Waals surface area contributed by atoms with Gasteiger partial charge in [-0.05, 0) is 30.5 Å². The van der Waals surface area contributed by atoms with Crippen LogP contribution in [0.4, 0.5) is 10.5 Å². The van der Waals surface area contributed by atoms with Crippen molar-refractivity contribution < 1.29 is 14.4 Å². The molecule has 0 saturated carbocycles. The molecule has 1 fully saturated rings. The molecular formula is C17H22N2O3S. The zero-order valence-electron chi connectivity index (χ0n) is 13.5. The summed E-state index contributed by atoms with van der Waals surface area (Å²) in [5.41, 5.74) is 1.73. The van der Waals surface area contributed by atoms with Crippen molar-refractivity contribution in [1.82, 2.24) is 4.90 Å². The third-order valence-corrected chi connectivity index (χ3v) is 4.92. The van der Waals surface area contributed by atoms with Gasteiger partial charge in [-0.25, -0.2) is 0 Å². The van der Waals surface area contributed by atoms with E-state index >= 15 is 0 Å². The van der Waals surface area contributed by atoms with Gasteiger partial charge < -0.3 is 5.32 Å². The second-order valence-electron chi connectivity index (χ2n) is 5.68. The van der Waals surface area contributed by atoms with Gasteiger partial charge in [-0.15, -0.1) is 0 Å². The molecule has 1 aromatic carbocycles. The molecule has 1 aliphatic heterocycles. The summed E-state index contributed by atoms with van der Waals surface area (Å²) in [5.74, 6) is -0.117. The topological polar surface area (TPSA) is 66.5 Å². The summed E-state index contributed by atoms with van der Waals surface area (Å²) in [7, 11) is 1.51. The molecule has 0 radical (unpaired) electrons. The minimum absolute atomic E-state index is 0.0277. The summed E-state index contributed by atoms with van der Waals surface area (Å²) in [5, 5.41) is 2.33. The quantitative estimate of drug-likeness (QED) is 0.776. The van der Waals surface area contributed by atoms with Crippen LogP contribution in [0.3, 0.4) is 0 Å². The van der Waals surface area contributed by atoms with Gasteiger partial charge >= 0.3 is 0 Å². The fraction of sp³-hybridized carbons (Fsp3) is 0.471. The molecule has 1 unspecified atom stereocenters. The maximum Gasteiger partial charge on any atom is 0.288 e. The Kier molecular flexibility index (Phi) is 6.21. The Morgan fingerprint density at radius 2 is 1.91 bits per heavy atom. The van der Waals surface area contributed by atoms with Crippen molar-refractivity contribution in [3.63, 3.8) is 0 Å². The van der Waals surface area contributed by atoms with Gasteiger partial charge in [0.15, 0.2) is 0 Å². The van der Waals surface area contributed by atoms with E-state index in [0.717, 1.165) is 42.3 Å². The predicted octanol–water partition coefficient (Wildman–Crippen LogP) is 3.44. The molecule has 1 aliphatic rings. The van der Waals surface area contributed by atoms with E-state index < -0.39 is 0 Å². The molecule has 2 rings (SSSR count). The third-order valence-electron chi connectivity index (χ3n) is 3.79. The minimum Gasteiger partial charge on any atom is -0.326 e. The number of nitrogens with zero attached hydrogens (tertiary/aromatic N) is 1. The molecule has 1 atom stereocenters. The van der Waals surface area contributed by atoms with Crippen molar-refractivity contribution in [1.29, 1.82) is 0 Å². The van der Waals surface area contributed by atoms with Gasteiger partial charge in [-0.1, -0.05) is 43.7 Å². The van der Waals surface area contributed by atoms with Crippen LogP contribution in [0, 0.1) is 0 Å². The van der Waals surface area contributed by atoms with Crippen LogP contribution in [0.15, 0.2) is 24.3 Å². The summed E-state index contributed by atoms with van der Waals surface area (Å²) >= 11 is 1.07. The monoisotopic (exact) mass is 334 g/mol. The van der Waals surface area contributed by atoms with E-state index in [4.69, 9.17) is 0 Å². The summed E-state index contributed by atoms with van der Waals surface area (Å²) in [6, 6.07) is 7.45. The zero-order valence-corrected chi connectivity index (χ0v) is 14.3. The van der Waals surface area contributed by atoms with Crippen molar-refractivity contribution in [2.24, 2.45) is 0 Å². The number of hydrogen-bond donors (Lipinski definition) is 1. The number of carbonyl (C=O) groups excluding carboxylic acids is 3. The molecule has 0 bridgehead atoms. The van der Waals surface area contributed by atoms with Gasteiger partial charge in [0.05, 0.1) is 5.25 Å². The molecular weight excluding hydrogens is 312 g/mol. The van der Waals surface area contributed by atoms with E-state index in [1.54, 1.807) is 0 Å².